The summed E-state index contributed by atoms with van der Waals surface area (Å²) in [6.07, 6.45) is 1.63. The van der Waals surface area contributed by atoms with Gasteiger partial charge in [0.1, 0.15) is 11.1 Å². The zero-order valence-corrected chi connectivity index (χ0v) is 19.0. The summed E-state index contributed by atoms with van der Waals surface area (Å²) in [5, 5.41) is 5.76. The van der Waals surface area contributed by atoms with E-state index in [0.717, 1.165) is 10.5 Å². The topological polar surface area (TPSA) is 71.1 Å². The summed E-state index contributed by atoms with van der Waals surface area (Å²) in [6, 6.07) is 29.1. The lowest BCUT2D eigenvalue weighted by molar-refractivity contribution is -0.115. The maximum absolute atomic E-state index is 13.1. The number of halogens is 1. The van der Waals surface area contributed by atoms with Gasteiger partial charge in [-0.25, -0.2) is 4.98 Å². The number of hydrogen-bond donors (Lipinski definition) is 2. The van der Waals surface area contributed by atoms with Gasteiger partial charge in [-0.05, 0) is 54.1 Å². The average Bonchev–Trinajstić information content (AvgIpc) is 2.84. The minimum absolute atomic E-state index is 0.182. The van der Waals surface area contributed by atoms with Gasteiger partial charge in [-0.2, -0.15) is 0 Å². The van der Waals surface area contributed by atoms with Crippen LogP contribution < -0.4 is 10.6 Å². The van der Waals surface area contributed by atoms with Crippen LogP contribution in [0.5, 0.6) is 0 Å². The molecule has 0 aliphatic heterocycles. The van der Waals surface area contributed by atoms with Crippen molar-refractivity contribution < 1.29 is 9.59 Å². The summed E-state index contributed by atoms with van der Waals surface area (Å²) in [6.45, 7) is 0. The van der Waals surface area contributed by atoms with Gasteiger partial charge in [0.2, 0.25) is 5.91 Å². The monoisotopic (exact) mass is 473 g/mol. The third-order valence-corrected chi connectivity index (χ3v) is 6.17. The maximum Gasteiger partial charge on any atom is 0.255 e. The predicted octanol–water partition coefficient (Wildman–Crippen LogP) is 6.46. The summed E-state index contributed by atoms with van der Waals surface area (Å²) in [5.74, 6) is 0.0528. The van der Waals surface area contributed by atoms with E-state index in [0.29, 0.717) is 22.1 Å². The summed E-state index contributed by atoms with van der Waals surface area (Å²) in [5.41, 5.74) is 1.96. The minimum atomic E-state index is -0.507. The molecule has 0 saturated carbocycles. The number of thioether (sulfide) groups is 1. The lowest BCUT2D eigenvalue weighted by atomic mass is 10.1. The van der Waals surface area contributed by atoms with Crippen LogP contribution in [0.4, 0.5) is 11.5 Å². The molecule has 1 unspecified atom stereocenters. The van der Waals surface area contributed by atoms with Gasteiger partial charge in [0.25, 0.3) is 5.91 Å². The number of pyridine rings is 1. The molecule has 5 nitrogen and oxygen atoms in total. The second kappa shape index (κ2) is 10.8. The first-order valence-corrected chi connectivity index (χ1v) is 11.4. The third kappa shape index (κ3) is 6.22. The molecule has 0 radical (unpaired) electrons. The van der Waals surface area contributed by atoms with Crippen molar-refractivity contribution in [3.63, 3.8) is 0 Å². The SMILES string of the molecule is O=C(Nc1cccc(SC(C(=O)Nc2ccccn2)c2ccccc2)c1)c1cccc(Cl)c1. The Bertz CT molecular complexity index is 1250. The molecule has 0 fully saturated rings. The molecular formula is C26H20ClN3O2S. The molecule has 0 bridgehead atoms. The van der Waals surface area contributed by atoms with Crippen molar-refractivity contribution in [3.05, 3.63) is 119 Å². The summed E-state index contributed by atoms with van der Waals surface area (Å²) in [7, 11) is 0. The fourth-order valence-corrected chi connectivity index (χ4v) is 4.42. The van der Waals surface area contributed by atoms with Crippen LogP contribution in [-0.2, 0) is 4.79 Å². The Balaban J connectivity index is 1.54. The predicted molar refractivity (Wildman–Crippen MR) is 134 cm³/mol. The molecule has 33 heavy (non-hydrogen) atoms. The van der Waals surface area contributed by atoms with Gasteiger partial charge < -0.3 is 10.6 Å². The maximum atomic E-state index is 13.1. The van der Waals surface area contributed by atoms with Crippen molar-refractivity contribution in [1.29, 1.82) is 0 Å². The Morgan fingerprint density at radius 1 is 0.818 bits per heavy atom. The van der Waals surface area contributed by atoms with Gasteiger partial charge in [0, 0.05) is 27.4 Å². The average molecular weight is 474 g/mol. The number of anilines is 2. The van der Waals surface area contributed by atoms with E-state index in [1.165, 1.54) is 11.8 Å². The number of carbonyl (C=O) groups excluding carboxylic acids is 2. The number of rotatable bonds is 7. The molecule has 0 aliphatic rings. The van der Waals surface area contributed by atoms with Crippen molar-refractivity contribution in [2.24, 2.45) is 0 Å². The van der Waals surface area contributed by atoms with Gasteiger partial charge in [0.05, 0.1) is 0 Å². The second-order valence-corrected chi connectivity index (χ2v) is 8.72. The third-order valence-electron chi connectivity index (χ3n) is 4.69. The number of nitrogens with zero attached hydrogens (tertiary/aromatic N) is 1. The van der Waals surface area contributed by atoms with Crippen molar-refractivity contribution >= 4 is 46.7 Å². The first kappa shape index (κ1) is 22.6. The first-order chi connectivity index (χ1) is 16.1. The highest BCUT2D eigenvalue weighted by molar-refractivity contribution is 8.00. The standard InChI is InChI=1S/C26H20ClN3O2S/c27-20-11-6-10-19(16-20)25(31)29-21-12-7-13-22(17-21)33-24(18-8-2-1-3-9-18)26(32)30-23-14-4-5-15-28-23/h1-17,24H,(H,29,31)(H,28,30,32). The van der Waals surface area contributed by atoms with Crippen molar-refractivity contribution in [3.8, 4) is 0 Å². The van der Waals surface area contributed by atoms with Gasteiger partial charge in [-0.15, -0.1) is 11.8 Å². The van der Waals surface area contributed by atoms with Crippen molar-refractivity contribution in [2.45, 2.75) is 10.1 Å². The van der Waals surface area contributed by atoms with Crippen LogP contribution in [-0.4, -0.2) is 16.8 Å². The van der Waals surface area contributed by atoms with Crippen LogP contribution in [0.2, 0.25) is 5.02 Å². The molecule has 3 aromatic carbocycles. The van der Waals surface area contributed by atoms with E-state index in [4.69, 9.17) is 11.6 Å². The summed E-state index contributed by atoms with van der Waals surface area (Å²) in [4.78, 5) is 30.8. The minimum Gasteiger partial charge on any atom is -0.322 e. The molecule has 0 saturated heterocycles. The summed E-state index contributed by atoms with van der Waals surface area (Å²) >= 11 is 7.39. The zero-order chi connectivity index (χ0) is 23.0. The Morgan fingerprint density at radius 2 is 1.61 bits per heavy atom. The molecule has 4 rings (SSSR count). The Kier molecular flexibility index (Phi) is 7.40. The quantitative estimate of drug-likeness (QED) is 0.302. The van der Waals surface area contributed by atoms with E-state index in [1.807, 2.05) is 54.6 Å². The number of amides is 2. The van der Waals surface area contributed by atoms with E-state index in [1.54, 1.807) is 48.7 Å². The Morgan fingerprint density at radius 3 is 2.36 bits per heavy atom. The fraction of sp³-hybridized carbons (Fsp3) is 0.0385. The molecule has 1 heterocycles. The van der Waals surface area contributed by atoms with Gasteiger partial charge in [-0.3, -0.25) is 9.59 Å². The van der Waals surface area contributed by atoms with Crippen LogP contribution in [0.1, 0.15) is 21.2 Å². The van der Waals surface area contributed by atoms with Crippen LogP contribution >= 0.6 is 23.4 Å². The molecule has 7 heteroatoms. The first-order valence-electron chi connectivity index (χ1n) is 10.2. The van der Waals surface area contributed by atoms with Crippen molar-refractivity contribution in [1.82, 2.24) is 4.98 Å². The van der Waals surface area contributed by atoms with Gasteiger partial charge in [-0.1, -0.05) is 60.1 Å². The zero-order valence-electron chi connectivity index (χ0n) is 17.4. The smallest absolute Gasteiger partial charge is 0.255 e. The number of carbonyl (C=O) groups is 2. The van der Waals surface area contributed by atoms with Crippen molar-refractivity contribution in [2.75, 3.05) is 10.6 Å². The molecule has 164 valence electrons. The second-order valence-electron chi connectivity index (χ2n) is 7.11. The van der Waals surface area contributed by atoms with Gasteiger partial charge in [0.15, 0.2) is 0 Å². The Hall–Kier alpha value is -3.61. The lowest BCUT2D eigenvalue weighted by Crippen LogP contribution is -2.19. The van der Waals surface area contributed by atoms with E-state index >= 15 is 0 Å². The van der Waals surface area contributed by atoms with Crippen LogP contribution in [0.25, 0.3) is 0 Å². The number of hydrogen-bond acceptors (Lipinski definition) is 4. The van der Waals surface area contributed by atoms with E-state index < -0.39 is 5.25 Å². The lowest BCUT2D eigenvalue weighted by Gasteiger charge is -2.17. The summed E-state index contributed by atoms with van der Waals surface area (Å²) < 4.78 is 0. The van der Waals surface area contributed by atoms with E-state index in [-0.39, 0.29) is 11.8 Å². The molecule has 0 aliphatic carbocycles. The molecule has 2 amide bonds. The molecule has 4 aromatic rings. The molecule has 1 aromatic heterocycles. The van der Waals surface area contributed by atoms with E-state index in [2.05, 4.69) is 15.6 Å². The van der Waals surface area contributed by atoms with E-state index in [9.17, 15) is 9.59 Å². The highest BCUT2D eigenvalue weighted by Gasteiger charge is 2.22. The normalized spacial score (nSPS) is 11.4. The molecular weight excluding hydrogens is 454 g/mol. The highest BCUT2D eigenvalue weighted by atomic mass is 35.5. The van der Waals surface area contributed by atoms with Gasteiger partial charge >= 0.3 is 0 Å². The largest absolute Gasteiger partial charge is 0.322 e. The van der Waals surface area contributed by atoms with Crippen LogP contribution in [0, 0.1) is 0 Å². The number of nitrogens with one attached hydrogen (secondary N) is 2. The molecule has 0 spiro atoms. The van der Waals surface area contributed by atoms with Crippen LogP contribution in [0.3, 0.4) is 0 Å². The fourth-order valence-electron chi connectivity index (χ4n) is 3.15. The highest BCUT2D eigenvalue weighted by Crippen LogP contribution is 2.37. The number of aromatic nitrogens is 1. The number of benzene rings is 3. The Labute approximate surface area is 201 Å². The molecule has 2 N–H and O–H groups in total. The van der Waals surface area contributed by atoms with Crippen LogP contribution in [0.15, 0.2) is 108 Å². The molecule has 1 atom stereocenters.